The fourth-order valence-corrected chi connectivity index (χ4v) is 14.1. The van der Waals surface area contributed by atoms with Crippen molar-refractivity contribution in [1.29, 1.82) is 0 Å². The Kier molecular flexibility index (Phi) is 8.79. The Hall–Kier alpha value is -9.30. The highest BCUT2D eigenvalue weighted by Gasteiger charge is 2.52. The SMILES string of the molecule is CC1(C)c2ccccc2-c2ccc(-c3ccc(-c4cc5c(cc4N(c4ccc6c7ccccc7c7ccccc7c6c4)c4cccc6ccccc46)C4(c6ccccc6-c6ccccc64)c4ccccc4-5)cc3)cc21. The van der Waals surface area contributed by atoms with Crippen molar-refractivity contribution in [2.24, 2.45) is 0 Å². The minimum atomic E-state index is -0.528. The van der Waals surface area contributed by atoms with E-state index >= 15 is 0 Å². The van der Waals surface area contributed by atoms with E-state index in [1.54, 1.807) is 0 Å². The Morgan fingerprint density at radius 2 is 0.720 bits per heavy atom. The Morgan fingerprint density at radius 3 is 1.36 bits per heavy atom. The zero-order chi connectivity index (χ0) is 49.6. The van der Waals surface area contributed by atoms with Crippen LogP contribution < -0.4 is 4.90 Å². The minimum absolute atomic E-state index is 0.0809. The summed E-state index contributed by atoms with van der Waals surface area (Å²) in [5.74, 6) is 0. The number of anilines is 3. The molecule has 0 N–H and O–H groups in total. The number of hydrogen-bond donors (Lipinski definition) is 0. The summed E-state index contributed by atoms with van der Waals surface area (Å²) in [6, 6.07) is 98.7. The van der Waals surface area contributed by atoms with E-state index in [1.807, 2.05) is 0 Å². The van der Waals surface area contributed by atoms with E-state index in [0.29, 0.717) is 0 Å². The van der Waals surface area contributed by atoms with Crippen molar-refractivity contribution in [1.82, 2.24) is 0 Å². The Bertz CT molecular complexity index is 4480. The molecule has 13 aromatic carbocycles. The van der Waals surface area contributed by atoms with Gasteiger partial charge in [0, 0.05) is 22.1 Å². The van der Waals surface area contributed by atoms with Crippen LogP contribution in [0.1, 0.15) is 47.2 Å². The number of fused-ring (bicyclic) bond motifs is 20. The molecule has 1 nitrogen and oxygen atoms in total. The van der Waals surface area contributed by atoms with Crippen molar-refractivity contribution in [3.8, 4) is 55.6 Å². The van der Waals surface area contributed by atoms with Gasteiger partial charge in [-0.3, -0.25) is 0 Å². The summed E-state index contributed by atoms with van der Waals surface area (Å²) in [7, 11) is 0. The molecular formula is C74H49N. The van der Waals surface area contributed by atoms with Crippen molar-refractivity contribution < 1.29 is 0 Å². The molecular weight excluding hydrogens is 903 g/mol. The van der Waals surface area contributed by atoms with Crippen molar-refractivity contribution in [2.75, 3.05) is 4.90 Å². The molecule has 1 heteroatoms. The van der Waals surface area contributed by atoms with Gasteiger partial charge in [0.15, 0.2) is 0 Å². The maximum Gasteiger partial charge on any atom is 0.0726 e. The molecule has 0 unspecified atom stereocenters. The first-order valence-corrected chi connectivity index (χ1v) is 26.4. The van der Waals surface area contributed by atoms with Crippen LogP contribution in [0.2, 0.25) is 0 Å². The first-order chi connectivity index (χ1) is 37.0. The molecule has 3 aliphatic rings. The van der Waals surface area contributed by atoms with Gasteiger partial charge in [0.25, 0.3) is 0 Å². The van der Waals surface area contributed by atoms with Crippen LogP contribution in [0.4, 0.5) is 17.1 Å². The highest BCUT2D eigenvalue weighted by molar-refractivity contribution is 6.26. The van der Waals surface area contributed by atoms with E-state index in [1.165, 1.54) is 132 Å². The van der Waals surface area contributed by atoms with Crippen LogP contribution in [0.15, 0.2) is 261 Å². The third kappa shape index (κ3) is 5.78. The van der Waals surface area contributed by atoms with Gasteiger partial charge in [0.1, 0.15) is 0 Å². The Labute approximate surface area is 437 Å². The summed E-state index contributed by atoms with van der Waals surface area (Å²) in [6.07, 6.45) is 0. The summed E-state index contributed by atoms with van der Waals surface area (Å²) in [5, 5.41) is 9.95. The molecule has 16 rings (SSSR count). The molecule has 1 spiro atoms. The largest absolute Gasteiger partial charge is 0.309 e. The van der Waals surface area contributed by atoms with E-state index in [2.05, 4.69) is 280 Å². The van der Waals surface area contributed by atoms with Gasteiger partial charge in [0.05, 0.1) is 16.8 Å². The van der Waals surface area contributed by atoms with Crippen molar-refractivity contribution in [2.45, 2.75) is 24.7 Å². The second kappa shape index (κ2) is 15.6. The summed E-state index contributed by atoms with van der Waals surface area (Å²) >= 11 is 0. The topological polar surface area (TPSA) is 3.24 Å². The van der Waals surface area contributed by atoms with Gasteiger partial charge in [0.2, 0.25) is 0 Å². The zero-order valence-electron chi connectivity index (χ0n) is 41.8. The lowest BCUT2D eigenvalue weighted by atomic mass is 9.70. The molecule has 0 radical (unpaired) electrons. The third-order valence-electron chi connectivity index (χ3n) is 17.5. The average Bonchev–Trinajstić information content (AvgIpc) is 4.24. The number of hydrogen-bond acceptors (Lipinski definition) is 1. The van der Waals surface area contributed by atoms with E-state index in [9.17, 15) is 0 Å². The zero-order valence-corrected chi connectivity index (χ0v) is 41.8. The second-order valence-electron chi connectivity index (χ2n) is 21.5. The molecule has 0 aromatic heterocycles. The van der Waals surface area contributed by atoms with Crippen molar-refractivity contribution >= 4 is 60.2 Å². The van der Waals surface area contributed by atoms with Gasteiger partial charge in [-0.1, -0.05) is 238 Å². The summed E-state index contributed by atoms with van der Waals surface area (Å²) in [5.41, 5.74) is 23.5. The quantitative estimate of drug-likeness (QED) is 0.155. The molecule has 3 aliphatic carbocycles. The van der Waals surface area contributed by atoms with E-state index in [0.717, 1.165) is 17.1 Å². The van der Waals surface area contributed by atoms with Crippen LogP contribution in [0.5, 0.6) is 0 Å². The lowest BCUT2D eigenvalue weighted by molar-refractivity contribution is 0.660. The standard InChI is InChI=1S/C74H49N/c1-73(2)65-29-13-9-25-57(65)61-40-38-49(42-69(61)73)46-34-36-48(37-35-46)62-44-64-60-28-12-16-32-68(60)74(66-30-14-10-26-58(66)59-27-11-15-31-67(59)74)70(64)45-72(62)75(71-33-17-19-47-18-3-4-20-51(47)71)50-39-41-56-54-23-6-5-21-52(54)53-22-7-8-24-55(53)63(56)43-50/h3-45H,1-2H3. The second-order valence-corrected chi connectivity index (χ2v) is 21.5. The lowest BCUT2D eigenvalue weighted by Gasteiger charge is -2.34. The molecule has 0 heterocycles. The first-order valence-electron chi connectivity index (χ1n) is 26.4. The monoisotopic (exact) mass is 951 g/mol. The van der Waals surface area contributed by atoms with Gasteiger partial charge in [-0.05, 0) is 158 Å². The van der Waals surface area contributed by atoms with Crippen LogP contribution in [0.3, 0.4) is 0 Å². The van der Waals surface area contributed by atoms with Crippen molar-refractivity contribution in [3.63, 3.8) is 0 Å². The fourth-order valence-electron chi connectivity index (χ4n) is 14.1. The maximum absolute atomic E-state index is 2.59. The van der Waals surface area contributed by atoms with Crippen LogP contribution in [0.25, 0.3) is 98.7 Å². The lowest BCUT2D eigenvalue weighted by Crippen LogP contribution is -2.26. The highest BCUT2D eigenvalue weighted by Crippen LogP contribution is 2.64. The normalized spacial score (nSPS) is 13.9. The molecule has 0 saturated carbocycles. The van der Waals surface area contributed by atoms with Gasteiger partial charge in [-0.25, -0.2) is 0 Å². The summed E-state index contributed by atoms with van der Waals surface area (Å²) in [4.78, 5) is 2.58. The summed E-state index contributed by atoms with van der Waals surface area (Å²) in [6.45, 7) is 4.74. The van der Waals surface area contributed by atoms with Gasteiger partial charge in [-0.15, -0.1) is 0 Å². The van der Waals surface area contributed by atoms with E-state index in [-0.39, 0.29) is 5.41 Å². The molecule has 0 amide bonds. The van der Waals surface area contributed by atoms with Gasteiger partial charge in [-0.2, -0.15) is 0 Å². The summed E-state index contributed by atoms with van der Waals surface area (Å²) < 4.78 is 0. The molecule has 0 saturated heterocycles. The highest BCUT2D eigenvalue weighted by atomic mass is 15.1. The third-order valence-corrected chi connectivity index (χ3v) is 17.5. The molecule has 75 heavy (non-hydrogen) atoms. The maximum atomic E-state index is 2.59. The van der Waals surface area contributed by atoms with Crippen LogP contribution in [0, 0.1) is 0 Å². The number of rotatable bonds is 5. The van der Waals surface area contributed by atoms with Gasteiger partial charge < -0.3 is 4.90 Å². The van der Waals surface area contributed by atoms with E-state index < -0.39 is 5.41 Å². The van der Waals surface area contributed by atoms with E-state index in [4.69, 9.17) is 0 Å². The molecule has 0 fully saturated rings. The Morgan fingerprint density at radius 1 is 0.253 bits per heavy atom. The molecule has 13 aromatic rings. The predicted octanol–water partition coefficient (Wildman–Crippen LogP) is 19.8. The molecule has 0 bridgehead atoms. The minimum Gasteiger partial charge on any atom is -0.309 e. The predicted molar refractivity (Wildman–Crippen MR) is 316 cm³/mol. The average molecular weight is 952 g/mol. The first kappa shape index (κ1) is 42.2. The van der Waals surface area contributed by atoms with Crippen molar-refractivity contribution in [3.05, 3.63) is 294 Å². The van der Waals surface area contributed by atoms with Crippen LogP contribution in [-0.4, -0.2) is 0 Å². The Balaban J connectivity index is 0.987. The fraction of sp³-hybridized carbons (Fsp3) is 0.0541. The number of benzene rings is 13. The molecule has 0 aliphatic heterocycles. The van der Waals surface area contributed by atoms with Gasteiger partial charge >= 0.3 is 0 Å². The van der Waals surface area contributed by atoms with Crippen LogP contribution >= 0.6 is 0 Å². The number of nitrogens with zero attached hydrogens (tertiary/aromatic N) is 1. The van der Waals surface area contributed by atoms with Crippen LogP contribution in [-0.2, 0) is 10.8 Å². The molecule has 350 valence electrons. The molecule has 0 atom stereocenters. The smallest absolute Gasteiger partial charge is 0.0726 e.